The molecule has 0 heterocycles. The van der Waals surface area contributed by atoms with E-state index < -0.39 is 11.9 Å². The third kappa shape index (κ3) is 3.69. The van der Waals surface area contributed by atoms with Crippen molar-refractivity contribution in [3.8, 4) is 17.2 Å². The molecule has 0 fully saturated rings. The Morgan fingerprint density at radius 3 is 1.71 bits per heavy atom. The van der Waals surface area contributed by atoms with Gasteiger partial charge in [-0.2, -0.15) is 0 Å². The maximum atomic E-state index is 11.8. The van der Waals surface area contributed by atoms with Gasteiger partial charge >= 0.3 is 17.9 Å². The summed E-state index contributed by atoms with van der Waals surface area (Å²) in [5, 5.41) is 7.26. The summed E-state index contributed by atoms with van der Waals surface area (Å²) in [5.41, 5.74) is 0. The summed E-state index contributed by atoms with van der Waals surface area (Å²) in [6.45, 7) is 3.98. The van der Waals surface area contributed by atoms with E-state index >= 15 is 0 Å². The number of carbonyl (C=O) groups is 3. The van der Waals surface area contributed by atoms with Gasteiger partial charge in [-0.25, -0.2) is 0 Å². The summed E-state index contributed by atoms with van der Waals surface area (Å²) >= 11 is 0. The second-order valence-electron chi connectivity index (χ2n) is 8.05. The molecule has 0 saturated heterocycles. The van der Waals surface area contributed by atoms with Crippen LogP contribution in [0.2, 0.25) is 0 Å². The molecule has 0 aliphatic carbocycles. The molecule has 0 aliphatic rings. The highest BCUT2D eigenvalue weighted by atomic mass is 16.6. The van der Waals surface area contributed by atoms with Crippen molar-refractivity contribution in [1.29, 1.82) is 0 Å². The van der Waals surface area contributed by atoms with Crippen molar-refractivity contribution in [2.75, 3.05) is 0 Å². The molecule has 0 saturated carbocycles. The van der Waals surface area contributed by atoms with Crippen molar-refractivity contribution in [2.45, 2.75) is 20.8 Å². The Labute approximate surface area is 194 Å². The highest BCUT2D eigenvalue weighted by Gasteiger charge is 2.17. The van der Waals surface area contributed by atoms with Gasteiger partial charge < -0.3 is 14.2 Å². The third-order valence-corrected chi connectivity index (χ3v) is 5.64. The topological polar surface area (TPSA) is 78.9 Å². The van der Waals surface area contributed by atoms with Crippen LogP contribution in [0.3, 0.4) is 0 Å². The van der Waals surface area contributed by atoms with Crippen LogP contribution in [-0.4, -0.2) is 17.9 Å². The second-order valence-corrected chi connectivity index (χ2v) is 8.05. The van der Waals surface area contributed by atoms with E-state index in [4.69, 9.17) is 14.2 Å². The molecule has 5 aromatic carbocycles. The number of ether oxygens (including phenoxy) is 3. The molecule has 6 heteroatoms. The van der Waals surface area contributed by atoms with Gasteiger partial charge in [0.05, 0.1) is 0 Å². The number of fused-ring (bicyclic) bond motifs is 6. The normalized spacial score (nSPS) is 11.1. The summed E-state index contributed by atoms with van der Waals surface area (Å²) in [6, 6.07) is 21.0. The van der Waals surface area contributed by atoms with E-state index in [-0.39, 0.29) is 17.5 Å². The summed E-state index contributed by atoms with van der Waals surface area (Å²) in [4.78, 5) is 34.9. The molecule has 6 nitrogen and oxygen atoms in total. The molecule has 168 valence electrons. The summed E-state index contributed by atoms with van der Waals surface area (Å²) in [7, 11) is 0. The van der Waals surface area contributed by atoms with Crippen LogP contribution in [-0.2, 0) is 14.4 Å². The van der Waals surface area contributed by atoms with Crippen LogP contribution in [0.5, 0.6) is 17.2 Å². The minimum absolute atomic E-state index is 0.187. The minimum atomic E-state index is -0.511. The Balaban J connectivity index is 1.83. The lowest BCUT2D eigenvalue weighted by Gasteiger charge is -2.14. The monoisotopic (exact) mass is 452 g/mol. The van der Waals surface area contributed by atoms with E-state index in [9.17, 15) is 14.4 Å². The maximum Gasteiger partial charge on any atom is 0.308 e. The standard InChI is InChI=1S/C28H20O6/c1-15(29)32-26-6-4-5-20-22(26)9-7-18-13-19-8-10-23-21(25(19)14-24(18)20)11-12-27(33-16(2)30)28(23)34-17(3)31/h4-14H,1-3H3. The Hall–Kier alpha value is -4.45. The molecule has 0 unspecified atom stereocenters. The lowest BCUT2D eigenvalue weighted by molar-refractivity contribution is -0.134. The average molecular weight is 452 g/mol. The van der Waals surface area contributed by atoms with E-state index in [0.29, 0.717) is 11.1 Å². The number of benzene rings is 5. The Morgan fingerprint density at radius 1 is 0.500 bits per heavy atom. The van der Waals surface area contributed by atoms with E-state index in [1.54, 1.807) is 12.1 Å². The van der Waals surface area contributed by atoms with Gasteiger partial charge in [0, 0.05) is 31.5 Å². The molecule has 34 heavy (non-hydrogen) atoms. The van der Waals surface area contributed by atoms with Crippen LogP contribution in [0.1, 0.15) is 20.8 Å². The predicted octanol–water partition coefficient (Wildman–Crippen LogP) is 6.08. The zero-order chi connectivity index (χ0) is 24.0. The maximum absolute atomic E-state index is 11.8. The predicted molar refractivity (Wildman–Crippen MR) is 130 cm³/mol. The molecule has 0 N–H and O–H groups in total. The Kier molecular flexibility index (Phi) is 5.13. The van der Waals surface area contributed by atoms with Gasteiger partial charge in [-0.15, -0.1) is 0 Å². The third-order valence-electron chi connectivity index (χ3n) is 5.64. The SMILES string of the molecule is CC(=O)Oc1ccc2c(ccc3cc4ccc5c(OC(C)=O)cccc5c4cc32)c1OC(C)=O. The molecule has 0 spiro atoms. The van der Waals surface area contributed by atoms with Gasteiger partial charge in [0.2, 0.25) is 0 Å². The van der Waals surface area contributed by atoms with Crippen LogP contribution >= 0.6 is 0 Å². The lowest BCUT2D eigenvalue weighted by atomic mass is 9.95. The molecule has 0 amide bonds. The van der Waals surface area contributed by atoms with Gasteiger partial charge in [0.15, 0.2) is 11.5 Å². The van der Waals surface area contributed by atoms with Crippen molar-refractivity contribution in [1.82, 2.24) is 0 Å². The largest absolute Gasteiger partial charge is 0.426 e. The minimum Gasteiger partial charge on any atom is -0.426 e. The summed E-state index contributed by atoms with van der Waals surface area (Å²) in [5.74, 6) is -0.492. The number of esters is 3. The van der Waals surface area contributed by atoms with E-state index in [1.807, 2.05) is 42.5 Å². The van der Waals surface area contributed by atoms with Crippen LogP contribution in [0, 0.1) is 0 Å². The Bertz CT molecular complexity index is 1670. The van der Waals surface area contributed by atoms with Gasteiger partial charge in [-0.3, -0.25) is 14.4 Å². The van der Waals surface area contributed by atoms with Crippen LogP contribution in [0.4, 0.5) is 0 Å². The number of rotatable bonds is 3. The van der Waals surface area contributed by atoms with Gasteiger partial charge in [0.25, 0.3) is 0 Å². The first-order valence-corrected chi connectivity index (χ1v) is 10.7. The number of carbonyl (C=O) groups excluding carboxylic acids is 3. The van der Waals surface area contributed by atoms with Crippen LogP contribution < -0.4 is 14.2 Å². The van der Waals surface area contributed by atoms with Crippen LogP contribution in [0.25, 0.3) is 43.1 Å². The number of hydrogen-bond acceptors (Lipinski definition) is 6. The fourth-order valence-electron chi connectivity index (χ4n) is 4.38. The highest BCUT2D eigenvalue weighted by Crippen LogP contribution is 2.41. The first kappa shape index (κ1) is 21.4. The molecule has 5 rings (SSSR count). The van der Waals surface area contributed by atoms with Gasteiger partial charge in [0.1, 0.15) is 5.75 Å². The van der Waals surface area contributed by atoms with Crippen molar-refractivity contribution in [3.05, 3.63) is 66.7 Å². The summed E-state index contributed by atoms with van der Waals surface area (Å²) < 4.78 is 16.1. The molecule has 5 aromatic rings. The summed E-state index contributed by atoms with van der Waals surface area (Å²) in [6.07, 6.45) is 0. The van der Waals surface area contributed by atoms with E-state index in [0.717, 1.165) is 37.7 Å². The van der Waals surface area contributed by atoms with Gasteiger partial charge in [-0.05, 0) is 74.8 Å². The van der Waals surface area contributed by atoms with Gasteiger partial charge in [-0.1, -0.05) is 24.3 Å². The molecule has 0 aliphatic heterocycles. The van der Waals surface area contributed by atoms with Crippen molar-refractivity contribution >= 4 is 61.0 Å². The first-order valence-electron chi connectivity index (χ1n) is 10.7. The zero-order valence-corrected chi connectivity index (χ0v) is 18.8. The lowest BCUT2D eigenvalue weighted by Crippen LogP contribution is -2.07. The molecular weight excluding hydrogens is 432 g/mol. The van der Waals surface area contributed by atoms with Crippen molar-refractivity contribution in [3.63, 3.8) is 0 Å². The zero-order valence-electron chi connectivity index (χ0n) is 18.8. The molecule has 0 aromatic heterocycles. The van der Waals surface area contributed by atoms with Crippen molar-refractivity contribution in [2.24, 2.45) is 0 Å². The Morgan fingerprint density at radius 2 is 1.06 bits per heavy atom. The second kappa shape index (κ2) is 8.15. The van der Waals surface area contributed by atoms with E-state index in [1.165, 1.54) is 20.8 Å². The highest BCUT2D eigenvalue weighted by molar-refractivity contribution is 6.19. The smallest absolute Gasteiger partial charge is 0.308 e. The first-order chi connectivity index (χ1) is 16.3. The van der Waals surface area contributed by atoms with Crippen molar-refractivity contribution < 1.29 is 28.6 Å². The fraction of sp³-hybridized carbons (Fsp3) is 0.107. The quantitative estimate of drug-likeness (QED) is 0.143. The molecular formula is C28H20O6. The van der Waals surface area contributed by atoms with E-state index in [2.05, 4.69) is 12.1 Å². The fourth-order valence-corrected chi connectivity index (χ4v) is 4.38. The molecule has 0 atom stereocenters. The van der Waals surface area contributed by atoms with Crippen LogP contribution in [0.15, 0.2) is 66.7 Å². The number of hydrogen-bond donors (Lipinski definition) is 0. The molecule has 0 bridgehead atoms. The average Bonchev–Trinajstić information content (AvgIpc) is 2.78. The molecule has 0 radical (unpaired) electrons.